The van der Waals surface area contributed by atoms with Gasteiger partial charge in [0.05, 0.1) is 13.7 Å². The number of methoxy groups -OCH3 is 1. The Morgan fingerprint density at radius 3 is 1.97 bits per heavy atom. The minimum atomic E-state index is -1.86. The van der Waals surface area contributed by atoms with Crippen LogP contribution in [-0.2, 0) is 26.3 Å². The summed E-state index contributed by atoms with van der Waals surface area (Å²) in [4.78, 5) is 22.7. The molecule has 0 saturated carbocycles. The largest absolute Gasteiger partial charge is 0.493 e. The Morgan fingerprint density at radius 2 is 1.47 bits per heavy atom. The van der Waals surface area contributed by atoms with Crippen LogP contribution in [0.3, 0.4) is 0 Å². The summed E-state index contributed by atoms with van der Waals surface area (Å²) in [5.41, 5.74) is 0.166. The monoisotopic (exact) mass is 466 g/mol. The molecule has 0 heterocycles. The second kappa shape index (κ2) is 11.3. The van der Waals surface area contributed by atoms with Crippen molar-refractivity contribution in [3.05, 3.63) is 95.6 Å². The summed E-state index contributed by atoms with van der Waals surface area (Å²) in [6.07, 6.45) is -1.50. The van der Waals surface area contributed by atoms with E-state index in [1.165, 1.54) is 7.11 Å². The van der Waals surface area contributed by atoms with E-state index in [4.69, 9.17) is 19.3 Å². The van der Waals surface area contributed by atoms with E-state index >= 15 is 0 Å². The average molecular weight is 466 g/mol. The molecule has 0 amide bonds. The Hall–Kier alpha value is -3.88. The van der Waals surface area contributed by atoms with E-state index in [-0.39, 0.29) is 6.61 Å². The third-order valence-corrected chi connectivity index (χ3v) is 5.32. The fourth-order valence-corrected chi connectivity index (χ4v) is 3.73. The molecular formula is C26H26O8. The molecule has 1 atom stereocenters. The molecule has 3 aromatic rings. The molecule has 0 radical (unpaired) electrons. The van der Waals surface area contributed by atoms with Gasteiger partial charge in [0.2, 0.25) is 0 Å². The molecule has 3 rings (SSSR count). The van der Waals surface area contributed by atoms with Gasteiger partial charge in [-0.05, 0) is 35.2 Å². The first-order valence-corrected chi connectivity index (χ1v) is 10.6. The molecule has 8 nitrogen and oxygen atoms in total. The fourth-order valence-electron chi connectivity index (χ4n) is 3.73. The van der Waals surface area contributed by atoms with Gasteiger partial charge in [0.15, 0.2) is 29.8 Å². The number of ether oxygens (including phenoxy) is 3. The van der Waals surface area contributed by atoms with Crippen molar-refractivity contribution in [2.75, 3.05) is 20.3 Å². The van der Waals surface area contributed by atoms with Crippen LogP contribution in [0.1, 0.15) is 16.7 Å². The average Bonchev–Trinajstić information content (AvgIpc) is 2.86. The number of aliphatic carboxylic acids is 2. The number of aliphatic hydroxyl groups is 1. The van der Waals surface area contributed by atoms with Crippen LogP contribution in [0.5, 0.6) is 11.5 Å². The minimum Gasteiger partial charge on any atom is -0.493 e. The van der Waals surface area contributed by atoms with E-state index in [0.29, 0.717) is 29.0 Å². The summed E-state index contributed by atoms with van der Waals surface area (Å²) in [5, 5.41) is 29.4. The van der Waals surface area contributed by atoms with Crippen LogP contribution in [0.4, 0.5) is 0 Å². The topological polar surface area (TPSA) is 123 Å². The molecule has 0 fully saturated rings. The lowest BCUT2D eigenvalue weighted by atomic mass is 9.81. The molecule has 0 aliphatic carbocycles. The number of carboxylic acids is 2. The maximum Gasteiger partial charge on any atom is 0.341 e. The first kappa shape index (κ1) is 24.8. The smallest absolute Gasteiger partial charge is 0.341 e. The maximum absolute atomic E-state index is 12.0. The Labute approximate surface area is 197 Å². The van der Waals surface area contributed by atoms with Gasteiger partial charge in [-0.3, -0.25) is 0 Å². The maximum atomic E-state index is 12.0. The number of benzene rings is 3. The van der Waals surface area contributed by atoms with E-state index in [0.717, 1.165) is 5.56 Å². The number of carbonyl (C=O) groups is 2. The highest BCUT2D eigenvalue weighted by Crippen LogP contribution is 2.38. The van der Waals surface area contributed by atoms with E-state index < -0.39 is 30.3 Å². The molecule has 0 saturated heterocycles. The lowest BCUT2D eigenvalue weighted by molar-refractivity contribution is -0.167. The Kier molecular flexibility index (Phi) is 8.24. The molecule has 0 aliphatic heterocycles. The molecular weight excluding hydrogens is 440 g/mol. The summed E-state index contributed by atoms with van der Waals surface area (Å²) < 4.78 is 16.8. The van der Waals surface area contributed by atoms with Crippen molar-refractivity contribution in [2.45, 2.75) is 18.1 Å². The molecule has 1 unspecified atom stereocenters. The van der Waals surface area contributed by atoms with Gasteiger partial charge in [-0.1, -0.05) is 66.7 Å². The normalized spacial score (nSPS) is 12.1. The van der Waals surface area contributed by atoms with Crippen molar-refractivity contribution in [1.82, 2.24) is 0 Å². The molecule has 3 aromatic carbocycles. The van der Waals surface area contributed by atoms with Gasteiger partial charge in [0, 0.05) is 0 Å². The summed E-state index contributed by atoms with van der Waals surface area (Å²) in [7, 11) is 1.45. The summed E-state index contributed by atoms with van der Waals surface area (Å²) in [5.74, 6) is -1.86. The van der Waals surface area contributed by atoms with Crippen LogP contribution in [0.2, 0.25) is 0 Å². The summed E-state index contributed by atoms with van der Waals surface area (Å²) >= 11 is 0. The number of hydrogen-bond acceptors (Lipinski definition) is 6. The van der Waals surface area contributed by atoms with Crippen LogP contribution < -0.4 is 9.47 Å². The van der Waals surface area contributed by atoms with E-state index in [9.17, 15) is 19.8 Å². The van der Waals surface area contributed by atoms with Gasteiger partial charge >= 0.3 is 11.9 Å². The van der Waals surface area contributed by atoms with Crippen LogP contribution in [0.25, 0.3) is 0 Å². The number of aliphatic hydroxyl groups excluding tert-OH is 1. The van der Waals surface area contributed by atoms with Gasteiger partial charge in [-0.25, -0.2) is 9.59 Å². The highest BCUT2D eigenvalue weighted by molar-refractivity contribution is 5.75. The first-order valence-electron chi connectivity index (χ1n) is 10.6. The molecule has 34 heavy (non-hydrogen) atoms. The SMILES string of the molecule is COc1cc(CCOC(c2ccccc2)(c2ccccc2)C(O)C(=O)O)ccc1OCC(=O)O. The van der Waals surface area contributed by atoms with Crippen molar-refractivity contribution in [2.24, 2.45) is 0 Å². The van der Waals surface area contributed by atoms with Crippen LogP contribution in [-0.4, -0.2) is 53.7 Å². The predicted octanol–water partition coefficient (Wildman–Crippen LogP) is 3.11. The molecule has 0 aromatic heterocycles. The van der Waals surface area contributed by atoms with Crippen molar-refractivity contribution < 1.29 is 39.1 Å². The molecule has 8 heteroatoms. The van der Waals surface area contributed by atoms with E-state index in [2.05, 4.69) is 0 Å². The van der Waals surface area contributed by atoms with Crippen molar-refractivity contribution >= 4 is 11.9 Å². The zero-order chi connectivity index (χ0) is 24.6. The van der Waals surface area contributed by atoms with E-state index in [1.807, 2.05) is 0 Å². The van der Waals surface area contributed by atoms with Crippen molar-refractivity contribution in [1.29, 1.82) is 0 Å². The molecule has 178 valence electrons. The number of hydrogen-bond donors (Lipinski definition) is 3. The molecule has 0 bridgehead atoms. The second-order valence-corrected chi connectivity index (χ2v) is 7.47. The number of rotatable bonds is 12. The molecule has 3 N–H and O–H groups in total. The Morgan fingerprint density at radius 1 is 0.882 bits per heavy atom. The second-order valence-electron chi connectivity index (χ2n) is 7.47. The molecule has 0 spiro atoms. The zero-order valence-corrected chi connectivity index (χ0v) is 18.6. The minimum absolute atomic E-state index is 0.0760. The zero-order valence-electron chi connectivity index (χ0n) is 18.6. The highest BCUT2D eigenvalue weighted by atomic mass is 16.5. The van der Waals surface area contributed by atoms with Crippen LogP contribution in [0, 0.1) is 0 Å². The van der Waals surface area contributed by atoms with Gasteiger partial charge in [-0.15, -0.1) is 0 Å². The first-order chi connectivity index (χ1) is 16.4. The number of carboxylic acid groups (broad SMARTS) is 2. The lowest BCUT2D eigenvalue weighted by Crippen LogP contribution is -2.48. The predicted molar refractivity (Wildman–Crippen MR) is 123 cm³/mol. The van der Waals surface area contributed by atoms with Gasteiger partial charge in [-0.2, -0.15) is 0 Å². The van der Waals surface area contributed by atoms with Gasteiger partial charge in [0.25, 0.3) is 0 Å². The quantitative estimate of drug-likeness (QED) is 0.372. The standard InChI is InChI=1S/C26H26O8/c1-32-22-16-18(12-13-21(22)33-17-23(27)28)14-15-34-26(24(29)25(30)31,19-8-4-2-5-9-19)20-10-6-3-7-11-20/h2-13,16,24,29H,14-15,17H2,1H3,(H,27,28)(H,30,31). The van der Waals surface area contributed by atoms with Gasteiger partial charge < -0.3 is 29.5 Å². The summed E-state index contributed by atoms with van der Waals surface area (Å²) in [6.45, 7) is -0.421. The third kappa shape index (κ3) is 5.54. The highest BCUT2D eigenvalue weighted by Gasteiger charge is 2.46. The molecule has 0 aliphatic rings. The Bertz CT molecular complexity index is 1060. The lowest BCUT2D eigenvalue weighted by Gasteiger charge is -2.37. The van der Waals surface area contributed by atoms with Crippen LogP contribution >= 0.6 is 0 Å². The van der Waals surface area contributed by atoms with E-state index in [1.54, 1.807) is 78.9 Å². The van der Waals surface area contributed by atoms with Gasteiger partial charge in [0.1, 0.15) is 0 Å². The van der Waals surface area contributed by atoms with Crippen molar-refractivity contribution in [3.8, 4) is 11.5 Å². The Balaban J connectivity index is 1.90. The third-order valence-electron chi connectivity index (χ3n) is 5.32. The fraction of sp³-hybridized carbons (Fsp3) is 0.231. The summed E-state index contributed by atoms with van der Waals surface area (Å²) in [6, 6.07) is 22.5. The van der Waals surface area contributed by atoms with Crippen LogP contribution in [0.15, 0.2) is 78.9 Å². The van der Waals surface area contributed by atoms with Crippen molar-refractivity contribution in [3.63, 3.8) is 0 Å².